The van der Waals surface area contributed by atoms with E-state index in [-0.39, 0.29) is 5.91 Å². The van der Waals surface area contributed by atoms with Crippen LogP contribution in [0.3, 0.4) is 0 Å². The first-order valence-corrected chi connectivity index (χ1v) is 16.9. The van der Waals surface area contributed by atoms with E-state index >= 15 is 0 Å². The number of carbonyl (C=O) groups is 2. The Bertz CT molecular complexity index is 1980. The molecule has 3 heterocycles. The molecule has 0 aliphatic carbocycles. The van der Waals surface area contributed by atoms with Crippen molar-refractivity contribution in [2.75, 3.05) is 32.1 Å². The average Bonchev–Trinajstić information content (AvgIpc) is 3.38. The summed E-state index contributed by atoms with van der Waals surface area (Å²) in [4.78, 5) is 33.9. The third-order valence-corrected chi connectivity index (χ3v) is 10.2. The van der Waals surface area contributed by atoms with Gasteiger partial charge in [0.05, 0.1) is 22.7 Å². The molecular weight excluding hydrogens is 618 g/mol. The molecule has 5 aromatic rings. The molecule has 244 valence electrons. The molecule has 0 unspecified atom stereocenters. The maximum absolute atomic E-state index is 14.4. The number of primary amides is 1. The van der Waals surface area contributed by atoms with Gasteiger partial charge in [0, 0.05) is 49.3 Å². The number of hydrogen-bond acceptors (Lipinski definition) is 4. The first-order valence-electron chi connectivity index (χ1n) is 16.5. The van der Waals surface area contributed by atoms with Crippen molar-refractivity contribution in [2.45, 2.75) is 38.5 Å². The van der Waals surface area contributed by atoms with Crippen LogP contribution in [-0.4, -0.2) is 59.4 Å². The summed E-state index contributed by atoms with van der Waals surface area (Å²) >= 11 is 6.92. The number of nitrogens with zero attached hydrogens (tertiary/aromatic N) is 4. The maximum atomic E-state index is 14.4. The predicted octanol–water partition coefficient (Wildman–Crippen LogP) is 7.31. The van der Waals surface area contributed by atoms with Crippen molar-refractivity contribution in [3.05, 3.63) is 136 Å². The molecule has 7 nitrogen and oxygen atoms in total. The van der Waals surface area contributed by atoms with Gasteiger partial charge in [-0.15, -0.1) is 0 Å². The molecular formula is C40H40ClN5O2. The zero-order chi connectivity index (χ0) is 33.4. The Hall–Kier alpha value is -4.69. The SMILES string of the molecule is CN(C)C1CCN(Cc2ccc3n2Cc2ccccc2N(C(=O)c2ccc(-c4cccc(-c5ccccc5)c4C(N)=O)cc2Cl)C3)CC1. The van der Waals surface area contributed by atoms with Crippen LogP contribution in [0, 0.1) is 0 Å². The van der Waals surface area contributed by atoms with E-state index in [1.165, 1.54) is 18.5 Å². The standard InChI is InChI=1S/C40H40ClN5O2/c1-43(2)30-19-21-44(22-20-30)25-31-16-17-32-26-46(37-14-7-6-11-29(37)24-45(31)32)40(48)35-18-15-28(23-36(35)41)34-13-8-12-33(38(34)39(42)47)27-9-4-3-5-10-27/h3-18,23,30H,19-22,24-26H2,1-2H3,(H2,42,47). The van der Waals surface area contributed by atoms with Crippen molar-refractivity contribution in [3.63, 3.8) is 0 Å². The van der Waals surface area contributed by atoms with E-state index < -0.39 is 5.91 Å². The minimum Gasteiger partial charge on any atom is -0.366 e. The van der Waals surface area contributed by atoms with Crippen LogP contribution >= 0.6 is 11.6 Å². The normalized spacial score (nSPS) is 15.2. The van der Waals surface area contributed by atoms with Crippen LogP contribution in [0.5, 0.6) is 0 Å². The van der Waals surface area contributed by atoms with Crippen molar-refractivity contribution in [3.8, 4) is 22.3 Å². The number of rotatable bonds is 7. The molecule has 0 saturated carbocycles. The van der Waals surface area contributed by atoms with Gasteiger partial charge in [-0.3, -0.25) is 14.5 Å². The summed E-state index contributed by atoms with van der Waals surface area (Å²) in [7, 11) is 4.34. The molecule has 0 atom stereocenters. The summed E-state index contributed by atoms with van der Waals surface area (Å²) in [5.74, 6) is -0.698. The lowest BCUT2D eigenvalue weighted by molar-refractivity contribution is 0.0981. The van der Waals surface area contributed by atoms with Crippen LogP contribution in [0.1, 0.15) is 50.5 Å². The second kappa shape index (κ2) is 13.4. The van der Waals surface area contributed by atoms with Gasteiger partial charge in [-0.25, -0.2) is 0 Å². The monoisotopic (exact) mass is 657 g/mol. The van der Waals surface area contributed by atoms with Crippen LogP contribution in [0.4, 0.5) is 5.69 Å². The number of halogens is 1. The van der Waals surface area contributed by atoms with Crippen LogP contribution < -0.4 is 10.6 Å². The minimum absolute atomic E-state index is 0.172. The number of amides is 2. The van der Waals surface area contributed by atoms with E-state index in [4.69, 9.17) is 17.3 Å². The smallest absolute Gasteiger partial charge is 0.260 e. The summed E-state index contributed by atoms with van der Waals surface area (Å²) < 4.78 is 2.37. The highest BCUT2D eigenvalue weighted by Crippen LogP contribution is 2.36. The van der Waals surface area contributed by atoms with Gasteiger partial charge in [0.15, 0.2) is 0 Å². The van der Waals surface area contributed by atoms with E-state index in [9.17, 15) is 9.59 Å². The molecule has 0 radical (unpaired) electrons. The highest BCUT2D eigenvalue weighted by Gasteiger charge is 2.29. The number of carbonyl (C=O) groups excluding carboxylic acids is 2. The number of hydrogen-bond donors (Lipinski definition) is 1. The van der Waals surface area contributed by atoms with Crippen LogP contribution in [0.15, 0.2) is 103 Å². The van der Waals surface area contributed by atoms with Gasteiger partial charge < -0.3 is 20.1 Å². The second-order valence-corrected chi connectivity index (χ2v) is 13.5. The third kappa shape index (κ3) is 6.17. The molecule has 2 aliphatic rings. The van der Waals surface area contributed by atoms with Gasteiger partial charge in [0.1, 0.15) is 0 Å². The summed E-state index contributed by atoms with van der Waals surface area (Å²) in [6.07, 6.45) is 2.35. The first kappa shape index (κ1) is 31.9. The van der Waals surface area contributed by atoms with Crippen molar-refractivity contribution >= 4 is 29.1 Å². The maximum Gasteiger partial charge on any atom is 0.260 e. The van der Waals surface area contributed by atoms with Crippen LogP contribution in [0.25, 0.3) is 22.3 Å². The molecule has 0 bridgehead atoms. The molecule has 1 aromatic heterocycles. The molecule has 2 amide bonds. The van der Waals surface area contributed by atoms with E-state index in [0.29, 0.717) is 46.4 Å². The molecule has 8 heteroatoms. The molecule has 4 aromatic carbocycles. The van der Waals surface area contributed by atoms with Gasteiger partial charge >= 0.3 is 0 Å². The number of para-hydroxylation sites is 1. The number of aromatic nitrogens is 1. The van der Waals surface area contributed by atoms with Crippen LogP contribution in [0.2, 0.25) is 5.02 Å². The number of fused-ring (bicyclic) bond motifs is 2. The van der Waals surface area contributed by atoms with Crippen molar-refractivity contribution in [2.24, 2.45) is 5.73 Å². The molecule has 0 spiro atoms. The Morgan fingerprint density at radius 1 is 0.812 bits per heavy atom. The van der Waals surface area contributed by atoms with E-state index in [1.54, 1.807) is 12.1 Å². The topological polar surface area (TPSA) is 74.8 Å². The minimum atomic E-state index is -0.526. The molecule has 48 heavy (non-hydrogen) atoms. The summed E-state index contributed by atoms with van der Waals surface area (Å²) in [5, 5.41) is 0.317. The lowest BCUT2D eigenvalue weighted by atomic mass is 9.91. The zero-order valence-corrected chi connectivity index (χ0v) is 28.2. The van der Waals surface area contributed by atoms with Gasteiger partial charge in [-0.1, -0.05) is 84.4 Å². The van der Waals surface area contributed by atoms with Gasteiger partial charge in [-0.2, -0.15) is 0 Å². The first-order chi connectivity index (χ1) is 23.3. The van der Waals surface area contributed by atoms with Gasteiger partial charge in [-0.05, 0) is 85.1 Å². The number of nitrogens with two attached hydrogens (primary N) is 1. The van der Waals surface area contributed by atoms with E-state index in [0.717, 1.165) is 47.7 Å². The number of likely N-dealkylation sites (tertiary alicyclic amines) is 1. The Balaban J connectivity index is 1.18. The average molecular weight is 658 g/mol. The number of anilines is 1. The Labute approximate surface area is 287 Å². The fourth-order valence-corrected chi connectivity index (χ4v) is 7.54. The van der Waals surface area contributed by atoms with Gasteiger partial charge in [0.25, 0.3) is 5.91 Å². The summed E-state index contributed by atoms with van der Waals surface area (Å²) in [5.41, 5.74) is 14.1. The van der Waals surface area contributed by atoms with Crippen molar-refractivity contribution in [1.29, 1.82) is 0 Å². The fraction of sp³-hybridized carbons (Fsp3) is 0.250. The highest BCUT2D eigenvalue weighted by molar-refractivity contribution is 6.35. The summed E-state index contributed by atoms with van der Waals surface area (Å²) in [6.45, 7) is 4.18. The lowest BCUT2D eigenvalue weighted by Gasteiger charge is -2.35. The van der Waals surface area contributed by atoms with E-state index in [1.807, 2.05) is 77.7 Å². The second-order valence-electron chi connectivity index (χ2n) is 13.0. The Kier molecular flexibility index (Phi) is 8.92. The van der Waals surface area contributed by atoms with Crippen molar-refractivity contribution < 1.29 is 9.59 Å². The number of benzene rings is 4. The van der Waals surface area contributed by atoms with E-state index in [2.05, 4.69) is 46.7 Å². The summed E-state index contributed by atoms with van der Waals surface area (Å²) in [6, 6.07) is 33.9. The molecule has 2 aliphatic heterocycles. The van der Waals surface area contributed by atoms with Crippen molar-refractivity contribution in [1.82, 2.24) is 14.4 Å². The molecule has 7 rings (SSSR count). The van der Waals surface area contributed by atoms with Crippen LogP contribution in [-0.2, 0) is 19.6 Å². The Morgan fingerprint density at radius 3 is 2.23 bits per heavy atom. The zero-order valence-electron chi connectivity index (χ0n) is 27.4. The molecule has 1 saturated heterocycles. The Morgan fingerprint density at radius 2 is 1.52 bits per heavy atom. The molecule has 2 N–H and O–H groups in total. The third-order valence-electron chi connectivity index (χ3n) is 9.92. The highest BCUT2D eigenvalue weighted by atomic mass is 35.5. The largest absolute Gasteiger partial charge is 0.366 e. The molecule has 1 fully saturated rings. The van der Waals surface area contributed by atoms with Gasteiger partial charge in [0.2, 0.25) is 5.91 Å². The number of piperidine rings is 1. The predicted molar refractivity (Wildman–Crippen MR) is 193 cm³/mol. The fourth-order valence-electron chi connectivity index (χ4n) is 7.28. The lowest BCUT2D eigenvalue weighted by Crippen LogP contribution is -2.41. The quantitative estimate of drug-likeness (QED) is 0.199.